The zero-order valence-corrected chi connectivity index (χ0v) is 17.1. The second kappa shape index (κ2) is 7.99. The summed E-state index contributed by atoms with van der Waals surface area (Å²) in [6, 6.07) is 14.3. The summed E-state index contributed by atoms with van der Waals surface area (Å²) in [5.74, 6) is -0.687. The van der Waals surface area contributed by atoms with Crippen LogP contribution in [0.3, 0.4) is 0 Å². The van der Waals surface area contributed by atoms with Gasteiger partial charge < -0.3 is 5.32 Å². The van der Waals surface area contributed by atoms with Gasteiger partial charge in [-0.05, 0) is 30.2 Å². The van der Waals surface area contributed by atoms with E-state index in [1.54, 1.807) is 13.8 Å². The summed E-state index contributed by atoms with van der Waals surface area (Å²) in [7, 11) is 0. The van der Waals surface area contributed by atoms with E-state index in [1.165, 1.54) is 23.5 Å². The average molecular weight is 418 g/mol. The molecule has 0 fully saturated rings. The van der Waals surface area contributed by atoms with E-state index in [0.29, 0.717) is 10.7 Å². The van der Waals surface area contributed by atoms with Gasteiger partial charge in [-0.3, -0.25) is 4.79 Å². The number of rotatable bonds is 5. The predicted molar refractivity (Wildman–Crippen MR) is 109 cm³/mol. The Morgan fingerprint density at radius 2 is 1.59 bits per heavy atom. The Kier molecular flexibility index (Phi) is 5.80. The van der Waals surface area contributed by atoms with Crippen molar-refractivity contribution in [3.05, 3.63) is 82.4 Å². The second-order valence-electron chi connectivity index (χ2n) is 7.43. The zero-order valence-electron chi connectivity index (χ0n) is 16.2. The highest BCUT2D eigenvalue weighted by Gasteiger charge is 2.39. The fourth-order valence-corrected chi connectivity index (χ4v) is 4.02. The van der Waals surface area contributed by atoms with Gasteiger partial charge in [0, 0.05) is 11.3 Å². The third-order valence-electron chi connectivity index (χ3n) is 4.85. The third-order valence-corrected chi connectivity index (χ3v) is 5.73. The van der Waals surface area contributed by atoms with Gasteiger partial charge in [0.25, 0.3) is 0 Å². The molecule has 3 nitrogen and oxygen atoms in total. The third kappa shape index (κ3) is 4.67. The molecule has 2 aromatic carbocycles. The van der Waals surface area contributed by atoms with Gasteiger partial charge in [-0.1, -0.05) is 56.3 Å². The van der Waals surface area contributed by atoms with E-state index in [9.17, 15) is 18.0 Å². The molecule has 0 spiro atoms. The molecule has 1 amide bonds. The summed E-state index contributed by atoms with van der Waals surface area (Å²) < 4.78 is 38.9. The molecule has 0 aliphatic heterocycles. The molecule has 0 bridgehead atoms. The first kappa shape index (κ1) is 21.0. The van der Waals surface area contributed by atoms with Gasteiger partial charge in [0.1, 0.15) is 0 Å². The van der Waals surface area contributed by atoms with Crippen LogP contribution in [0.25, 0.3) is 0 Å². The van der Waals surface area contributed by atoms with E-state index in [-0.39, 0.29) is 5.91 Å². The van der Waals surface area contributed by atoms with Crippen LogP contribution in [0.5, 0.6) is 0 Å². The topological polar surface area (TPSA) is 42.0 Å². The van der Waals surface area contributed by atoms with Crippen molar-refractivity contribution in [2.45, 2.75) is 32.9 Å². The molecule has 0 aliphatic rings. The van der Waals surface area contributed by atoms with Gasteiger partial charge in [0.15, 0.2) is 5.13 Å². The minimum Gasteiger partial charge on any atom is -0.301 e. The lowest BCUT2D eigenvalue weighted by atomic mass is 9.70. The molecule has 3 aromatic rings. The molecule has 1 heterocycles. The van der Waals surface area contributed by atoms with Gasteiger partial charge in [-0.2, -0.15) is 13.2 Å². The SMILES string of the molecule is Cc1csc(NC(=O)C(C)(C)C(c2ccccc2)c2ccc(C(F)(F)F)cc2)n1. The lowest BCUT2D eigenvalue weighted by molar-refractivity contribution is -0.137. The van der Waals surface area contributed by atoms with Crippen LogP contribution < -0.4 is 5.32 Å². The van der Waals surface area contributed by atoms with Crippen molar-refractivity contribution in [1.82, 2.24) is 4.98 Å². The standard InChI is InChI=1S/C22H21F3N2OS/c1-14-13-29-20(26-14)27-19(28)21(2,3)18(15-7-5-4-6-8-15)16-9-11-17(12-10-16)22(23,24)25/h4-13,18H,1-3H3,(H,26,27,28). The van der Waals surface area contributed by atoms with Crippen molar-refractivity contribution in [1.29, 1.82) is 0 Å². The van der Waals surface area contributed by atoms with Crippen molar-refractivity contribution >= 4 is 22.4 Å². The predicted octanol–water partition coefficient (Wildman–Crippen LogP) is 6.27. The number of nitrogens with one attached hydrogen (secondary N) is 1. The van der Waals surface area contributed by atoms with Crippen LogP contribution >= 0.6 is 11.3 Å². The van der Waals surface area contributed by atoms with Gasteiger partial charge in [0.05, 0.1) is 16.7 Å². The molecule has 29 heavy (non-hydrogen) atoms. The van der Waals surface area contributed by atoms with Crippen LogP contribution in [0.1, 0.15) is 42.1 Å². The molecule has 0 radical (unpaired) electrons. The Hall–Kier alpha value is -2.67. The fourth-order valence-electron chi connectivity index (χ4n) is 3.34. The van der Waals surface area contributed by atoms with Crippen LogP contribution in [0.2, 0.25) is 0 Å². The normalized spacial score (nSPS) is 13.2. The number of aromatic nitrogens is 1. The van der Waals surface area contributed by atoms with Crippen LogP contribution in [-0.2, 0) is 11.0 Å². The summed E-state index contributed by atoms with van der Waals surface area (Å²) in [4.78, 5) is 17.4. The lowest BCUT2D eigenvalue weighted by Gasteiger charge is -2.34. The molecule has 1 aromatic heterocycles. The number of hydrogen-bond donors (Lipinski definition) is 1. The van der Waals surface area contributed by atoms with Gasteiger partial charge in [0.2, 0.25) is 5.91 Å². The molecule has 0 aliphatic carbocycles. The van der Waals surface area contributed by atoms with Crippen LogP contribution in [-0.4, -0.2) is 10.9 Å². The van der Waals surface area contributed by atoms with E-state index >= 15 is 0 Å². The zero-order chi connectivity index (χ0) is 21.2. The average Bonchev–Trinajstić information content (AvgIpc) is 3.07. The highest BCUT2D eigenvalue weighted by Crippen LogP contribution is 2.42. The molecule has 0 saturated carbocycles. The van der Waals surface area contributed by atoms with Gasteiger partial charge in [-0.25, -0.2) is 4.98 Å². The quantitative estimate of drug-likeness (QED) is 0.531. The van der Waals surface area contributed by atoms with E-state index in [2.05, 4.69) is 10.3 Å². The number of amides is 1. The molecular formula is C22H21F3N2OS. The fraction of sp³-hybridized carbons (Fsp3) is 0.273. The highest BCUT2D eigenvalue weighted by molar-refractivity contribution is 7.13. The number of alkyl halides is 3. The van der Waals surface area contributed by atoms with Crippen molar-refractivity contribution in [3.63, 3.8) is 0 Å². The van der Waals surface area contributed by atoms with Crippen LogP contribution in [0, 0.1) is 12.3 Å². The molecular weight excluding hydrogens is 397 g/mol. The number of carbonyl (C=O) groups is 1. The minimum absolute atomic E-state index is 0.249. The summed E-state index contributed by atoms with van der Waals surface area (Å²) >= 11 is 1.33. The maximum atomic E-state index is 13.1. The number of thiazole rings is 1. The summed E-state index contributed by atoms with van der Waals surface area (Å²) in [5.41, 5.74) is 0.641. The first-order valence-electron chi connectivity index (χ1n) is 9.04. The molecule has 0 saturated heterocycles. The maximum Gasteiger partial charge on any atom is 0.416 e. The molecule has 7 heteroatoms. The summed E-state index contributed by atoms with van der Waals surface area (Å²) in [6.45, 7) is 5.42. The molecule has 3 rings (SSSR count). The smallest absolute Gasteiger partial charge is 0.301 e. The highest BCUT2D eigenvalue weighted by atomic mass is 32.1. The van der Waals surface area contributed by atoms with Crippen molar-refractivity contribution in [2.24, 2.45) is 5.41 Å². The molecule has 152 valence electrons. The maximum absolute atomic E-state index is 13.1. The number of hydrogen-bond acceptors (Lipinski definition) is 3. The number of anilines is 1. The Bertz CT molecular complexity index is 979. The number of carbonyl (C=O) groups excluding carboxylic acids is 1. The number of benzene rings is 2. The van der Waals surface area contributed by atoms with E-state index < -0.39 is 23.1 Å². The Morgan fingerprint density at radius 3 is 2.10 bits per heavy atom. The van der Waals surface area contributed by atoms with Crippen LogP contribution in [0.4, 0.5) is 18.3 Å². The van der Waals surface area contributed by atoms with E-state index in [1.807, 2.05) is 42.6 Å². The van der Waals surface area contributed by atoms with Gasteiger partial charge >= 0.3 is 6.18 Å². The summed E-state index contributed by atoms with van der Waals surface area (Å²) in [5, 5.41) is 5.19. The van der Waals surface area contributed by atoms with Crippen molar-refractivity contribution < 1.29 is 18.0 Å². The van der Waals surface area contributed by atoms with E-state index in [0.717, 1.165) is 23.4 Å². The van der Waals surface area contributed by atoms with Gasteiger partial charge in [-0.15, -0.1) is 11.3 Å². The number of nitrogens with zero attached hydrogens (tertiary/aromatic N) is 1. The molecule has 1 atom stereocenters. The Labute approximate surface area is 171 Å². The Balaban J connectivity index is 2.00. The number of halogens is 3. The second-order valence-corrected chi connectivity index (χ2v) is 8.29. The largest absolute Gasteiger partial charge is 0.416 e. The lowest BCUT2D eigenvalue weighted by Crippen LogP contribution is -2.37. The Morgan fingerprint density at radius 1 is 1.00 bits per heavy atom. The van der Waals surface area contributed by atoms with Crippen LogP contribution in [0.15, 0.2) is 60.0 Å². The van der Waals surface area contributed by atoms with Crippen molar-refractivity contribution in [2.75, 3.05) is 5.32 Å². The monoisotopic (exact) mass is 418 g/mol. The van der Waals surface area contributed by atoms with E-state index in [4.69, 9.17) is 0 Å². The molecule has 1 N–H and O–H groups in total. The number of aryl methyl sites for hydroxylation is 1. The first-order chi connectivity index (χ1) is 13.6. The molecule has 1 unspecified atom stereocenters. The van der Waals surface area contributed by atoms with Crippen molar-refractivity contribution in [3.8, 4) is 0 Å². The first-order valence-corrected chi connectivity index (χ1v) is 9.92. The summed E-state index contributed by atoms with van der Waals surface area (Å²) in [6.07, 6.45) is -4.41. The minimum atomic E-state index is -4.41.